The van der Waals surface area contributed by atoms with Crippen LogP contribution in [-0.2, 0) is 4.74 Å². The molecule has 4 aliphatic heterocycles. The van der Waals surface area contributed by atoms with Gasteiger partial charge in [-0.05, 0) is 31.6 Å². The van der Waals surface area contributed by atoms with Crippen LogP contribution in [0.2, 0.25) is 0 Å². The summed E-state index contributed by atoms with van der Waals surface area (Å²) in [6.07, 6.45) is 7.94. The molecule has 0 N–H and O–H groups in total. The second-order valence-corrected chi connectivity index (χ2v) is 4.92. The minimum Gasteiger partial charge on any atom is -0.381 e. The van der Waals surface area contributed by atoms with E-state index >= 15 is 0 Å². The second-order valence-electron chi connectivity index (χ2n) is 4.92. The van der Waals surface area contributed by atoms with Crippen LogP contribution in [0, 0.1) is 11.8 Å². The van der Waals surface area contributed by atoms with E-state index in [4.69, 9.17) is 4.74 Å². The summed E-state index contributed by atoms with van der Waals surface area (Å²) in [6, 6.07) is 0. The van der Waals surface area contributed by atoms with Gasteiger partial charge in [0.2, 0.25) is 0 Å². The molecule has 1 atom stereocenters. The van der Waals surface area contributed by atoms with Crippen molar-refractivity contribution in [3.8, 4) is 0 Å². The van der Waals surface area contributed by atoms with Crippen LogP contribution in [-0.4, -0.2) is 31.2 Å². The Labute approximate surface area is 85.9 Å². The molecule has 0 saturated carbocycles. The maximum absolute atomic E-state index is 5.42. The van der Waals surface area contributed by atoms with Crippen molar-refractivity contribution in [2.45, 2.75) is 25.7 Å². The van der Waals surface area contributed by atoms with Gasteiger partial charge in [0.25, 0.3) is 0 Å². The molecule has 78 valence electrons. The predicted molar refractivity (Wildman–Crippen MR) is 55.9 cm³/mol. The van der Waals surface area contributed by atoms with Crippen molar-refractivity contribution in [1.82, 2.24) is 4.90 Å². The molecule has 2 bridgehead atoms. The zero-order valence-electron chi connectivity index (χ0n) is 8.74. The van der Waals surface area contributed by atoms with Crippen LogP contribution in [0.5, 0.6) is 0 Å². The third-order valence-electron chi connectivity index (χ3n) is 3.91. The first-order valence-electron chi connectivity index (χ1n) is 5.95. The molecule has 14 heavy (non-hydrogen) atoms. The van der Waals surface area contributed by atoms with Gasteiger partial charge >= 0.3 is 0 Å². The number of hydrogen-bond acceptors (Lipinski definition) is 2. The van der Waals surface area contributed by atoms with E-state index in [0.717, 1.165) is 19.1 Å². The number of fused-ring (bicyclic) bond motifs is 3. The Hall–Kier alpha value is -0.500. The molecule has 0 aliphatic carbocycles. The molecular formula is C12H19NO. The first kappa shape index (κ1) is 8.78. The number of piperidine rings is 3. The smallest absolute Gasteiger partial charge is 0.0530 e. The second kappa shape index (κ2) is 3.58. The Morgan fingerprint density at radius 1 is 1.21 bits per heavy atom. The summed E-state index contributed by atoms with van der Waals surface area (Å²) in [5.74, 6) is 1.71. The first-order chi connectivity index (χ1) is 6.92. The van der Waals surface area contributed by atoms with E-state index in [1.54, 1.807) is 5.70 Å². The van der Waals surface area contributed by atoms with E-state index in [0.29, 0.717) is 5.92 Å². The Kier molecular flexibility index (Phi) is 2.24. The highest BCUT2D eigenvalue weighted by Gasteiger charge is 2.29. The topological polar surface area (TPSA) is 12.5 Å². The van der Waals surface area contributed by atoms with E-state index in [-0.39, 0.29) is 0 Å². The van der Waals surface area contributed by atoms with E-state index in [1.165, 1.54) is 38.8 Å². The fraction of sp³-hybridized carbons (Fsp3) is 0.833. The van der Waals surface area contributed by atoms with Crippen molar-refractivity contribution in [2.24, 2.45) is 11.8 Å². The van der Waals surface area contributed by atoms with E-state index in [2.05, 4.69) is 11.0 Å². The summed E-state index contributed by atoms with van der Waals surface area (Å²) in [6.45, 7) is 4.55. The molecule has 2 heteroatoms. The summed E-state index contributed by atoms with van der Waals surface area (Å²) < 4.78 is 5.42. The molecule has 0 aromatic rings. The highest BCUT2D eigenvalue weighted by atomic mass is 16.5. The molecule has 0 aromatic heterocycles. The lowest BCUT2D eigenvalue weighted by atomic mass is 9.85. The summed E-state index contributed by atoms with van der Waals surface area (Å²) in [5, 5.41) is 0. The van der Waals surface area contributed by atoms with Gasteiger partial charge < -0.3 is 9.64 Å². The number of hydrogen-bond donors (Lipinski definition) is 0. The van der Waals surface area contributed by atoms with Gasteiger partial charge in [-0.1, -0.05) is 6.08 Å². The van der Waals surface area contributed by atoms with Gasteiger partial charge in [-0.3, -0.25) is 0 Å². The predicted octanol–water partition coefficient (Wildman–Crippen LogP) is 2.02. The molecule has 0 aromatic carbocycles. The van der Waals surface area contributed by atoms with Crippen LogP contribution in [0.3, 0.4) is 0 Å². The van der Waals surface area contributed by atoms with E-state index in [1.807, 2.05) is 0 Å². The molecule has 0 amide bonds. The largest absolute Gasteiger partial charge is 0.381 e. The Bertz CT molecular complexity index is 235. The fourth-order valence-electron chi connectivity index (χ4n) is 2.98. The van der Waals surface area contributed by atoms with Gasteiger partial charge in [0.15, 0.2) is 0 Å². The van der Waals surface area contributed by atoms with Gasteiger partial charge in [0.1, 0.15) is 0 Å². The standard InChI is InChI=1S/C12H19NO/c1-4-13-5-2-10(1)7-12(13)8-11-3-6-14-9-11/h8,10-11H,1-7,9H2/b12-8-. The third-order valence-corrected chi connectivity index (χ3v) is 3.91. The van der Waals surface area contributed by atoms with Gasteiger partial charge in [0, 0.05) is 31.3 Å². The fourth-order valence-corrected chi connectivity index (χ4v) is 2.98. The van der Waals surface area contributed by atoms with Crippen LogP contribution >= 0.6 is 0 Å². The molecule has 2 nitrogen and oxygen atoms in total. The summed E-state index contributed by atoms with van der Waals surface area (Å²) in [5.41, 5.74) is 1.63. The highest BCUT2D eigenvalue weighted by molar-refractivity contribution is 5.11. The maximum Gasteiger partial charge on any atom is 0.0530 e. The van der Waals surface area contributed by atoms with Crippen molar-refractivity contribution in [3.63, 3.8) is 0 Å². The van der Waals surface area contributed by atoms with Gasteiger partial charge in [0.05, 0.1) is 6.61 Å². The van der Waals surface area contributed by atoms with Gasteiger partial charge in [-0.25, -0.2) is 0 Å². The van der Waals surface area contributed by atoms with Crippen LogP contribution in [0.4, 0.5) is 0 Å². The average Bonchev–Trinajstić information content (AvgIpc) is 2.72. The average molecular weight is 193 g/mol. The van der Waals surface area contributed by atoms with Crippen molar-refractivity contribution in [2.75, 3.05) is 26.3 Å². The number of ether oxygens (including phenoxy) is 1. The zero-order valence-corrected chi connectivity index (χ0v) is 8.74. The lowest BCUT2D eigenvalue weighted by Gasteiger charge is -2.43. The maximum atomic E-state index is 5.42. The van der Waals surface area contributed by atoms with Crippen LogP contribution in [0.15, 0.2) is 11.8 Å². The highest BCUT2D eigenvalue weighted by Crippen LogP contribution is 2.35. The minimum atomic E-state index is 0.712. The molecule has 0 radical (unpaired) electrons. The number of nitrogens with zero attached hydrogens (tertiary/aromatic N) is 1. The third kappa shape index (κ3) is 1.56. The lowest BCUT2D eigenvalue weighted by Crippen LogP contribution is -2.39. The van der Waals surface area contributed by atoms with Crippen molar-refractivity contribution in [3.05, 3.63) is 11.8 Å². The Morgan fingerprint density at radius 3 is 2.64 bits per heavy atom. The van der Waals surface area contributed by atoms with Crippen LogP contribution in [0.1, 0.15) is 25.7 Å². The Balaban J connectivity index is 1.71. The minimum absolute atomic E-state index is 0.712. The molecule has 4 rings (SSSR count). The lowest BCUT2D eigenvalue weighted by molar-refractivity contribution is 0.157. The van der Waals surface area contributed by atoms with Gasteiger partial charge in [-0.2, -0.15) is 0 Å². The Morgan fingerprint density at radius 2 is 2.07 bits per heavy atom. The number of allylic oxidation sites excluding steroid dienone is 1. The molecule has 4 fully saturated rings. The quantitative estimate of drug-likeness (QED) is 0.631. The summed E-state index contributed by atoms with van der Waals surface area (Å²) in [4.78, 5) is 2.60. The SMILES string of the molecule is C(=C1\CC2CCN1CC2)/C1CCOC1. The van der Waals surface area contributed by atoms with E-state index < -0.39 is 0 Å². The van der Waals surface area contributed by atoms with Crippen LogP contribution < -0.4 is 0 Å². The van der Waals surface area contributed by atoms with Crippen molar-refractivity contribution in [1.29, 1.82) is 0 Å². The molecular weight excluding hydrogens is 174 g/mol. The molecule has 4 aliphatic rings. The monoisotopic (exact) mass is 193 g/mol. The molecule has 4 saturated heterocycles. The molecule has 4 heterocycles. The zero-order chi connectivity index (χ0) is 9.38. The first-order valence-corrected chi connectivity index (χ1v) is 5.95. The molecule has 0 spiro atoms. The van der Waals surface area contributed by atoms with Crippen molar-refractivity contribution >= 4 is 0 Å². The normalized spacial score (nSPS) is 35.9. The number of rotatable bonds is 1. The van der Waals surface area contributed by atoms with Gasteiger partial charge in [-0.15, -0.1) is 0 Å². The van der Waals surface area contributed by atoms with E-state index in [9.17, 15) is 0 Å². The van der Waals surface area contributed by atoms with Crippen molar-refractivity contribution < 1.29 is 4.74 Å². The molecule has 1 unspecified atom stereocenters. The summed E-state index contributed by atoms with van der Waals surface area (Å²) in [7, 11) is 0. The van der Waals surface area contributed by atoms with Crippen LogP contribution in [0.25, 0.3) is 0 Å². The summed E-state index contributed by atoms with van der Waals surface area (Å²) >= 11 is 0.